The number of nitrogens with two attached hydrogens (primary N) is 1. The molecule has 0 amide bonds. The van der Waals surface area contributed by atoms with Crippen LogP contribution in [0.3, 0.4) is 0 Å². The highest BCUT2D eigenvalue weighted by Crippen LogP contribution is 2.35. The molecule has 23 heavy (non-hydrogen) atoms. The lowest BCUT2D eigenvalue weighted by Gasteiger charge is -2.00. The zero-order valence-electron chi connectivity index (χ0n) is 11.8. The number of nitrogen functional groups attached to an aromatic ring is 1. The second-order valence-electron chi connectivity index (χ2n) is 4.66. The normalized spacial score (nSPS) is 10.6. The molecule has 0 saturated heterocycles. The molecule has 0 unspecified atom stereocenters. The van der Waals surface area contributed by atoms with Gasteiger partial charge in [0.1, 0.15) is 10.7 Å². The summed E-state index contributed by atoms with van der Waals surface area (Å²) in [6.45, 7) is 0. The molecule has 0 aliphatic rings. The zero-order valence-corrected chi connectivity index (χ0v) is 12.6. The molecule has 2 aromatic carbocycles. The summed E-state index contributed by atoms with van der Waals surface area (Å²) in [4.78, 5) is 23.7. The Labute approximate surface area is 134 Å². The molecule has 0 saturated carbocycles. The van der Waals surface area contributed by atoms with Gasteiger partial charge >= 0.3 is 0 Å². The molecule has 3 N–H and O–H groups in total. The predicted octanol–water partition coefficient (Wildman–Crippen LogP) is 2.81. The Morgan fingerprint density at radius 1 is 1.09 bits per heavy atom. The van der Waals surface area contributed by atoms with Gasteiger partial charge in [0.2, 0.25) is 0 Å². The minimum Gasteiger partial charge on any atom is -0.383 e. The van der Waals surface area contributed by atoms with E-state index in [0.29, 0.717) is 10.6 Å². The predicted molar refractivity (Wildman–Crippen MR) is 88.0 cm³/mol. The van der Waals surface area contributed by atoms with Crippen molar-refractivity contribution in [3.05, 3.63) is 75.1 Å². The molecular weight excluding hydrogens is 316 g/mol. The van der Waals surface area contributed by atoms with Crippen molar-refractivity contribution >= 4 is 23.3 Å². The average Bonchev–Trinajstić information content (AvgIpc) is 2.84. The van der Waals surface area contributed by atoms with Crippen molar-refractivity contribution < 1.29 is 4.92 Å². The number of aromatic nitrogens is 2. The second kappa shape index (κ2) is 6.01. The van der Waals surface area contributed by atoms with Crippen molar-refractivity contribution in [2.45, 2.75) is 9.79 Å². The van der Waals surface area contributed by atoms with Gasteiger partial charge in [-0.2, -0.15) is 0 Å². The fraction of sp³-hybridized carbons (Fsp3) is 0. The summed E-state index contributed by atoms with van der Waals surface area (Å²) < 4.78 is 1.31. The van der Waals surface area contributed by atoms with E-state index < -0.39 is 4.92 Å². The highest BCUT2D eigenvalue weighted by Gasteiger charge is 2.19. The molecule has 0 aliphatic carbocycles. The van der Waals surface area contributed by atoms with Crippen molar-refractivity contribution in [1.29, 1.82) is 0 Å². The molecule has 116 valence electrons. The summed E-state index contributed by atoms with van der Waals surface area (Å²) in [6.07, 6.45) is 0. The smallest absolute Gasteiger partial charge is 0.287 e. The monoisotopic (exact) mass is 328 g/mol. The van der Waals surface area contributed by atoms with Crippen molar-refractivity contribution in [2.24, 2.45) is 0 Å². The van der Waals surface area contributed by atoms with Gasteiger partial charge in [0.05, 0.1) is 15.5 Å². The van der Waals surface area contributed by atoms with Gasteiger partial charge in [0.15, 0.2) is 0 Å². The van der Waals surface area contributed by atoms with E-state index in [1.165, 1.54) is 10.7 Å². The van der Waals surface area contributed by atoms with Gasteiger partial charge < -0.3 is 5.73 Å². The molecule has 3 aromatic rings. The standard InChI is InChI=1S/C15H12N4O3S/c16-14-13(23-12-9-5-4-8-11(12)19(21)22)15(20)18(17-14)10-6-2-1-3-7-10/h1-9,17H,16H2. The molecule has 8 heteroatoms. The van der Waals surface area contributed by atoms with Gasteiger partial charge in [-0.25, -0.2) is 4.68 Å². The van der Waals surface area contributed by atoms with Gasteiger partial charge in [-0.3, -0.25) is 20.0 Å². The summed E-state index contributed by atoms with van der Waals surface area (Å²) in [6, 6.07) is 15.2. The minimum atomic E-state index is -0.485. The third-order valence-corrected chi connectivity index (χ3v) is 4.33. The van der Waals surface area contributed by atoms with Gasteiger partial charge in [-0.1, -0.05) is 42.1 Å². The van der Waals surface area contributed by atoms with E-state index in [1.807, 2.05) is 6.07 Å². The van der Waals surface area contributed by atoms with E-state index in [2.05, 4.69) is 5.10 Å². The van der Waals surface area contributed by atoms with Crippen molar-refractivity contribution in [1.82, 2.24) is 9.78 Å². The summed E-state index contributed by atoms with van der Waals surface area (Å²) in [5.74, 6) is 0.169. The van der Waals surface area contributed by atoms with Gasteiger partial charge in [-0.15, -0.1) is 0 Å². The average molecular weight is 328 g/mol. The van der Waals surface area contributed by atoms with E-state index in [-0.39, 0.29) is 22.0 Å². The Hall–Kier alpha value is -3.00. The number of rotatable bonds is 4. The number of nitro benzene ring substituents is 1. The van der Waals surface area contributed by atoms with E-state index in [1.54, 1.807) is 42.5 Å². The highest BCUT2D eigenvalue weighted by atomic mass is 32.2. The molecule has 0 bridgehead atoms. The van der Waals surface area contributed by atoms with Gasteiger partial charge in [-0.05, 0) is 18.2 Å². The number of benzene rings is 2. The van der Waals surface area contributed by atoms with Crippen LogP contribution in [0.1, 0.15) is 0 Å². The maximum absolute atomic E-state index is 12.5. The number of H-pyrrole nitrogens is 1. The number of hydrogen-bond acceptors (Lipinski definition) is 5. The molecule has 0 aliphatic heterocycles. The first-order chi connectivity index (χ1) is 11.1. The molecule has 1 aromatic heterocycles. The van der Waals surface area contributed by atoms with Crippen LogP contribution < -0.4 is 11.3 Å². The Balaban J connectivity index is 2.05. The summed E-state index contributed by atoms with van der Waals surface area (Å²) in [7, 11) is 0. The largest absolute Gasteiger partial charge is 0.383 e. The first-order valence-corrected chi connectivity index (χ1v) is 7.47. The lowest BCUT2D eigenvalue weighted by molar-refractivity contribution is -0.387. The summed E-state index contributed by atoms with van der Waals surface area (Å²) in [5, 5.41) is 13.9. The van der Waals surface area contributed by atoms with E-state index in [0.717, 1.165) is 11.8 Å². The minimum absolute atomic E-state index is 0.0660. The first-order valence-electron chi connectivity index (χ1n) is 6.65. The molecule has 0 fully saturated rings. The molecule has 0 radical (unpaired) electrons. The lowest BCUT2D eigenvalue weighted by atomic mass is 10.3. The van der Waals surface area contributed by atoms with E-state index in [4.69, 9.17) is 5.73 Å². The fourth-order valence-corrected chi connectivity index (χ4v) is 3.05. The van der Waals surface area contributed by atoms with Crippen molar-refractivity contribution in [3.63, 3.8) is 0 Å². The van der Waals surface area contributed by atoms with Crippen molar-refractivity contribution in [3.8, 4) is 5.69 Å². The van der Waals surface area contributed by atoms with Gasteiger partial charge in [0.25, 0.3) is 11.2 Å². The van der Waals surface area contributed by atoms with Crippen LogP contribution in [0.5, 0.6) is 0 Å². The molecule has 7 nitrogen and oxygen atoms in total. The maximum Gasteiger partial charge on any atom is 0.287 e. The Kier molecular flexibility index (Phi) is 3.90. The Morgan fingerprint density at radius 2 is 1.74 bits per heavy atom. The number of nitro groups is 1. The van der Waals surface area contributed by atoms with Crippen LogP contribution in [0.4, 0.5) is 11.5 Å². The third kappa shape index (κ3) is 2.84. The number of aromatic amines is 1. The van der Waals surface area contributed by atoms with Crippen LogP contribution in [-0.4, -0.2) is 14.7 Å². The highest BCUT2D eigenvalue weighted by molar-refractivity contribution is 7.99. The summed E-state index contributed by atoms with van der Waals surface area (Å²) >= 11 is 0.980. The van der Waals surface area contributed by atoms with Crippen LogP contribution in [0.15, 0.2) is 69.2 Å². The number of para-hydroxylation sites is 2. The number of nitrogens with zero attached hydrogens (tertiary/aromatic N) is 2. The van der Waals surface area contributed by atoms with Crippen LogP contribution >= 0.6 is 11.8 Å². The van der Waals surface area contributed by atoms with Crippen molar-refractivity contribution in [2.75, 3.05) is 5.73 Å². The maximum atomic E-state index is 12.5. The number of hydrogen-bond donors (Lipinski definition) is 2. The molecule has 3 rings (SSSR count). The fourth-order valence-electron chi connectivity index (χ4n) is 2.10. The second-order valence-corrected chi connectivity index (χ2v) is 5.71. The van der Waals surface area contributed by atoms with Crippen LogP contribution in [0.25, 0.3) is 5.69 Å². The third-order valence-electron chi connectivity index (χ3n) is 3.16. The molecule has 1 heterocycles. The van der Waals surface area contributed by atoms with Crippen LogP contribution in [0, 0.1) is 10.1 Å². The van der Waals surface area contributed by atoms with E-state index >= 15 is 0 Å². The lowest BCUT2D eigenvalue weighted by Crippen LogP contribution is -2.15. The molecule has 0 atom stereocenters. The first kappa shape index (κ1) is 14.9. The quantitative estimate of drug-likeness (QED) is 0.565. The SMILES string of the molecule is Nc1[nH]n(-c2ccccc2)c(=O)c1Sc1ccccc1[N+](=O)[O-]. The zero-order chi connectivity index (χ0) is 16.4. The number of nitrogens with one attached hydrogen (secondary N) is 1. The van der Waals surface area contributed by atoms with Crippen LogP contribution in [0.2, 0.25) is 0 Å². The Bertz CT molecular complexity index is 918. The Morgan fingerprint density at radius 3 is 2.43 bits per heavy atom. The number of anilines is 1. The topological polar surface area (TPSA) is 107 Å². The molecular formula is C15H12N4O3S. The van der Waals surface area contributed by atoms with E-state index in [9.17, 15) is 14.9 Å². The molecule has 0 spiro atoms. The van der Waals surface area contributed by atoms with Gasteiger partial charge in [0, 0.05) is 6.07 Å². The summed E-state index contributed by atoms with van der Waals surface area (Å²) in [5.41, 5.74) is 6.11. The van der Waals surface area contributed by atoms with Crippen LogP contribution in [-0.2, 0) is 0 Å².